The van der Waals surface area contributed by atoms with Crippen LogP contribution in [-0.4, -0.2) is 24.3 Å². The van der Waals surface area contributed by atoms with E-state index in [1.165, 1.54) is 31.4 Å². The topological polar surface area (TPSA) is 75.6 Å². The Bertz CT molecular complexity index is 485. The number of hydrogen-bond acceptors (Lipinski definition) is 3. The number of nitrogens with one attached hydrogen (secondary N) is 1. The van der Waals surface area contributed by atoms with Gasteiger partial charge in [0, 0.05) is 18.2 Å². The number of alkyl carbamates (subject to hydrolysis) is 1. The van der Waals surface area contributed by atoms with E-state index in [2.05, 4.69) is 10.1 Å². The molecule has 0 saturated heterocycles. The molecule has 0 fully saturated rings. The van der Waals surface area contributed by atoms with E-state index in [9.17, 15) is 14.0 Å². The van der Waals surface area contributed by atoms with E-state index in [1.807, 2.05) is 0 Å². The molecule has 0 saturated carbocycles. The lowest BCUT2D eigenvalue weighted by atomic mass is 10.1. The third kappa shape index (κ3) is 4.25. The molecule has 18 heavy (non-hydrogen) atoms. The summed E-state index contributed by atoms with van der Waals surface area (Å²) in [7, 11) is 1.21. The Kier molecular flexibility index (Phi) is 4.86. The molecule has 6 heteroatoms. The molecule has 0 atom stereocenters. The van der Waals surface area contributed by atoms with Gasteiger partial charge in [0.15, 0.2) is 0 Å². The lowest BCUT2D eigenvalue weighted by Gasteiger charge is -2.06. The first-order chi connectivity index (χ1) is 8.52. The zero-order chi connectivity index (χ0) is 13.5. The highest BCUT2D eigenvalue weighted by Crippen LogP contribution is 2.12. The molecule has 96 valence electrons. The maximum Gasteiger partial charge on any atom is 0.407 e. The Labute approximate surface area is 103 Å². The van der Waals surface area contributed by atoms with Crippen LogP contribution >= 0.6 is 0 Å². The second kappa shape index (κ2) is 6.39. The van der Waals surface area contributed by atoms with Gasteiger partial charge in [0.2, 0.25) is 0 Å². The van der Waals surface area contributed by atoms with E-state index in [-0.39, 0.29) is 12.1 Å². The molecule has 0 aromatic heterocycles. The molecular weight excluding hydrogens is 241 g/mol. The number of carboxylic acid groups (broad SMARTS) is 1. The fourth-order valence-corrected chi connectivity index (χ4v) is 1.24. The van der Waals surface area contributed by atoms with Crippen molar-refractivity contribution in [2.45, 2.75) is 6.54 Å². The van der Waals surface area contributed by atoms with Gasteiger partial charge >= 0.3 is 12.1 Å². The summed E-state index contributed by atoms with van der Waals surface area (Å²) in [4.78, 5) is 21.2. The van der Waals surface area contributed by atoms with Crippen LogP contribution in [0.3, 0.4) is 0 Å². The van der Waals surface area contributed by atoms with Gasteiger partial charge in [-0.3, -0.25) is 0 Å². The number of carbonyl (C=O) groups is 2. The summed E-state index contributed by atoms with van der Waals surface area (Å²) in [6.07, 6.45) is 1.62. The van der Waals surface area contributed by atoms with E-state index in [4.69, 9.17) is 5.11 Å². The fraction of sp³-hybridized carbons (Fsp3) is 0.167. The van der Waals surface area contributed by atoms with Gasteiger partial charge in [-0.1, -0.05) is 6.07 Å². The molecule has 0 aliphatic rings. The molecule has 0 aliphatic carbocycles. The first kappa shape index (κ1) is 13.7. The molecule has 1 rings (SSSR count). The van der Waals surface area contributed by atoms with Crippen molar-refractivity contribution in [2.75, 3.05) is 7.11 Å². The molecule has 0 unspecified atom stereocenters. The van der Waals surface area contributed by atoms with Crippen LogP contribution < -0.4 is 5.32 Å². The predicted molar refractivity (Wildman–Crippen MR) is 62.3 cm³/mol. The van der Waals surface area contributed by atoms with Gasteiger partial charge in [0.25, 0.3) is 0 Å². The predicted octanol–water partition coefficient (Wildman–Crippen LogP) is 1.78. The highest BCUT2D eigenvalue weighted by molar-refractivity contribution is 5.85. The third-order valence-corrected chi connectivity index (χ3v) is 2.10. The normalized spacial score (nSPS) is 10.3. The Morgan fingerprint density at radius 3 is 2.83 bits per heavy atom. The molecule has 0 radical (unpaired) electrons. The maximum atomic E-state index is 13.4. The van der Waals surface area contributed by atoms with E-state index in [0.717, 1.165) is 6.08 Å². The minimum absolute atomic E-state index is 0.0345. The Balaban J connectivity index is 2.81. The summed E-state index contributed by atoms with van der Waals surface area (Å²) in [5, 5.41) is 10.8. The Hall–Kier alpha value is -2.37. The lowest BCUT2D eigenvalue weighted by molar-refractivity contribution is -0.131. The van der Waals surface area contributed by atoms with Gasteiger partial charge in [-0.25, -0.2) is 14.0 Å². The molecule has 0 aliphatic heterocycles. The number of amides is 1. The SMILES string of the molecule is COC(=O)NCc1cc(/C=C/C(=O)O)ccc1F. The molecule has 0 bridgehead atoms. The number of ether oxygens (including phenoxy) is 1. The Morgan fingerprint density at radius 1 is 1.50 bits per heavy atom. The average Bonchev–Trinajstić information content (AvgIpc) is 2.35. The second-order valence-electron chi connectivity index (χ2n) is 3.37. The van der Waals surface area contributed by atoms with Gasteiger partial charge in [-0.15, -0.1) is 0 Å². The van der Waals surface area contributed by atoms with Gasteiger partial charge in [-0.05, 0) is 23.8 Å². The van der Waals surface area contributed by atoms with E-state index in [1.54, 1.807) is 0 Å². The average molecular weight is 253 g/mol. The van der Waals surface area contributed by atoms with Crippen LogP contribution in [0.15, 0.2) is 24.3 Å². The van der Waals surface area contributed by atoms with Crippen molar-refractivity contribution in [1.82, 2.24) is 5.32 Å². The summed E-state index contributed by atoms with van der Waals surface area (Å²) in [5.41, 5.74) is 0.772. The molecule has 2 N–H and O–H groups in total. The van der Waals surface area contributed by atoms with Crippen LogP contribution in [-0.2, 0) is 16.1 Å². The number of aliphatic carboxylic acids is 1. The van der Waals surface area contributed by atoms with Gasteiger partial charge in [0.05, 0.1) is 7.11 Å². The number of methoxy groups -OCH3 is 1. The third-order valence-electron chi connectivity index (χ3n) is 2.10. The molecule has 1 aromatic rings. The van der Waals surface area contributed by atoms with Crippen molar-refractivity contribution in [3.05, 3.63) is 41.2 Å². The van der Waals surface area contributed by atoms with E-state index < -0.39 is 17.9 Å². The van der Waals surface area contributed by atoms with E-state index in [0.29, 0.717) is 5.56 Å². The number of halogens is 1. The molecule has 1 amide bonds. The number of rotatable bonds is 4. The first-order valence-electron chi connectivity index (χ1n) is 5.04. The maximum absolute atomic E-state index is 13.4. The summed E-state index contributed by atoms with van der Waals surface area (Å²) in [5.74, 6) is -1.58. The summed E-state index contributed by atoms with van der Waals surface area (Å²) in [6, 6.07) is 4.09. The van der Waals surface area contributed by atoms with Crippen molar-refractivity contribution >= 4 is 18.1 Å². The highest BCUT2D eigenvalue weighted by atomic mass is 19.1. The minimum atomic E-state index is -1.09. The van der Waals surface area contributed by atoms with Crippen LogP contribution in [0.4, 0.5) is 9.18 Å². The van der Waals surface area contributed by atoms with Crippen LogP contribution in [0.25, 0.3) is 6.08 Å². The smallest absolute Gasteiger partial charge is 0.407 e. The first-order valence-corrected chi connectivity index (χ1v) is 5.04. The van der Waals surface area contributed by atoms with Crippen molar-refractivity contribution in [2.24, 2.45) is 0 Å². The van der Waals surface area contributed by atoms with Gasteiger partial charge in [0.1, 0.15) is 5.82 Å². The largest absolute Gasteiger partial charge is 0.478 e. The van der Waals surface area contributed by atoms with Crippen molar-refractivity contribution in [3.8, 4) is 0 Å². The number of carbonyl (C=O) groups excluding carboxylic acids is 1. The van der Waals surface area contributed by atoms with Gasteiger partial charge in [-0.2, -0.15) is 0 Å². The van der Waals surface area contributed by atoms with Crippen LogP contribution in [0.2, 0.25) is 0 Å². The highest BCUT2D eigenvalue weighted by Gasteiger charge is 2.05. The summed E-state index contributed by atoms with van der Waals surface area (Å²) in [6.45, 7) is -0.0345. The summed E-state index contributed by atoms with van der Waals surface area (Å²) < 4.78 is 17.7. The number of benzene rings is 1. The van der Waals surface area contributed by atoms with Crippen LogP contribution in [0.1, 0.15) is 11.1 Å². The van der Waals surface area contributed by atoms with Crippen molar-refractivity contribution < 1.29 is 23.8 Å². The standard InChI is InChI=1S/C12H12FNO4/c1-18-12(17)14-7-9-6-8(2-4-10(9)13)3-5-11(15)16/h2-6H,7H2,1H3,(H,14,17)(H,15,16)/b5-3+. The zero-order valence-electron chi connectivity index (χ0n) is 9.64. The number of carboxylic acids is 1. The molecule has 0 spiro atoms. The monoisotopic (exact) mass is 253 g/mol. The van der Waals surface area contributed by atoms with E-state index >= 15 is 0 Å². The molecule has 1 aromatic carbocycles. The molecular formula is C12H12FNO4. The van der Waals surface area contributed by atoms with Crippen LogP contribution in [0, 0.1) is 5.82 Å². The second-order valence-corrected chi connectivity index (χ2v) is 3.37. The fourth-order valence-electron chi connectivity index (χ4n) is 1.24. The zero-order valence-corrected chi connectivity index (χ0v) is 9.64. The minimum Gasteiger partial charge on any atom is -0.478 e. The Morgan fingerprint density at radius 2 is 2.22 bits per heavy atom. The van der Waals surface area contributed by atoms with Crippen molar-refractivity contribution in [1.29, 1.82) is 0 Å². The molecule has 5 nitrogen and oxygen atoms in total. The van der Waals surface area contributed by atoms with Crippen LogP contribution in [0.5, 0.6) is 0 Å². The quantitative estimate of drug-likeness (QED) is 0.802. The van der Waals surface area contributed by atoms with Gasteiger partial charge < -0.3 is 15.2 Å². The van der Waals surface area contributed by atoms with Crippen molar-refractivity contribution in [3.63, 3.8) is 0 Å². The lowest BCUT2D eigenvalue weighted by Crippen LogP contribution is -2.22. The molecule has 0 heterocycles. The summed E-state index contributed by atoms with van der Waals surface area (Å²) >= 11 is 0. The number of hydrogen-bond donors (Lipinski definition) is 2.